The van der Waals surface area contributed by atoms with Gasteiger partial charge in [0.25, 0.3) is 0 Å². The van der Waals surface area contributed by atoms with Gasteiger partial charge in [0, 0.05) is 12.6 Å². The van der Waals surface area contributed by atoms with Gasteiger partial charge in [-0.2, -0.15) is 0 Å². The van der Waals surface area contributed by atoms with Gasteiger partial charge >= 0.3 is 0 Å². The number of hydrogen-bond acceptors (Lipinski definition) is 3. The van der Waals surface area contributed by atoms with E-state index in [9.17, 15) is 4.79 Å². The lowest BCUT2D eigenvalue weighted by atomic mass is 9.85. The molecule has 1 amide bonds. The van der Waals surface area contributed by atoms with E-state index in [-0.39, 0.29) is 11.3 Å². The lowest BCUT2D eigenvalue weighted by molar-refractivity contribution is -0.121. The van der Waals surface area contributed by atoms with Gasteiger partial charge in [-0.15, -0.1) is 0 Å². The zero-order chi connectivity index (χ0) is 13.6. The molecule has 0 saturated carbocycles. The Labute approximate surface area is 109 Å². The second-order valence-corrected chi connectivity index (χ2v) is 5.44. The molecule has 1 rings (SSSR count). The minimum absolute atomic E-state index is 0.0823. The van der Waals surface area contributed by atoms with Crippen molar-refractivity contribution in [3.8, 4) is 0 Å². The van der Waals surface area contributed by atoms with Crippen molar-refractivity contribution >= 4 is 5.91 Å². The first-order chi connectivity index (χ1) is 8.43. The predicted octanol–water partition coefficient (Wildman–Crippen LogP) is 2.62. The van der Waals surface area contributed by atoms with Gasteiger partial charge in [-0.05, 0) is 18.8 Å². The standard InChI is InChI=1S/C14H23N3O/c1-5-14(3,4)7-6-13(18)17-10-12-9-15-11(2)8-16-12/h8-9H,5-7,10H2,1-4H3,(H,17,18). The molecule has 0 atom stereocenters. The van der Waals surface area contributed by atoms with Crippen molar-refractivity contribution in [3.63, 3.8) is 0 Å². The summed E-state index contributed by atoms with van der Waals surface area (Å²) in [5.41, 5.74) is 1.92. The second kappa shape index (κ2) is 6.47. The molecule has 0 spiro atoms. The van der Waals surface area contributed by atoms with Crippen molar-refractivity contribution < 1.29 is 4.79 Å². The topological polar surface area (TPSA) is 54.9 Å². The summed E-state index contributed by atoms with van der Waals surface area (Å²) in [7, 11) is 0. The highest BCUT2D eigenvalue weighted by atomic mass is 16.1. The second-order valence-electron chi connectivity index (χ2n) is 5.44. The Morgan fingerprint density at radius 3 is 2.61 bits per heavy atom. The molecule has 4 heteroatoms. The number of nitrogens with one attached hydrogen (secondary N) is 1. The number of aryl methyl sites for hydroxylation is 1. The van der Waals surface area contributed by atoms with Gasteiger partial charge in [-0.25, -0.2) is 0 Å². The van der Waals surface area contributed by atoms with E-state index in [1.54, 1.807) is 12.4 Å². The number of amides is 1. The van der Waals surface area contributed by atoms with Crippen molar-refractivity contribution in [2.75, 3.05) is 0 Å². The Bertz CT molecular complexity index is 385. The molecule has 0 saturated heterocycles. The molecule has 0 aliphatic heterocycles. The molecule has 0 aliphatic carbocycles. The summed E-state index contributed by atoms with van der Waals surface area (Å²) < 4.78 is 0. The van der Waals surface area contributed by atoms with Crippen LogP contribution in [0.5, 0.6) is 0 Å². The number of rotatable bonds is 6. The molecule has 0 radical (unpaired) electrons. The summed E-state index contributed by atoms with van der Waals surface area (Å²) in [4.78, 5) is 20.0. The first-order valence-electron chi connectivity index (χ1n) is 6.47. The van der Waals surface area contributed by atoms with E-state index < -0.39 is 0 Å². The number of carbonyl (C=O) groups is 1. The zero-order valence-electron chi connectivity index (χ0n) is 11.8. The van der Waals surface area contributed by atoms with Crippen LogP contribution in [0.15, 0.2) is 12.4 Å². The Hall–Kier alpha value is -1.45. The van der Waals surface area contributed by atoms with Gasteiger partial charge in [-0.1, -0.05) is 27.2 Å². The molecule has 0 fully saturated rings. The van der Waals surface area contributed by atoms with Crippen LogP contribution in [-0.2, 0) is 11.3 Å². The summed E-state index contributed by atoms with van der Waals surface area (Å²) in [6.45, 7) is 8.87. The highest BCUT2D eigenvalue weighted by molar-refractivity contribution is 5.75. The van der Waals surface area contributed by atoms with Crippen LogP contribution in [0.1, 0.15) is 51.4 Å². The summed E-state index contributed by atoms with van der Waals surface area (Å²) in [6.07, 6.45) is 5.98. The van der Waals surface area contributed by atoms with Crippen LogP contribution in [0.2, 0.25) is 0 Å². The smallest absolute Gasteiger partial charge is 0.220 e. The summed E-state index contributed by atoms with van der Waals surface area (Å²) in [6, 6.07) is 0. The van der Waals surface area contributed by atoms with E-state index in [4.69, 9.17) is 0 Å². The van der Waals surface area contributed by atoms with Crippen LogP contribution < -0.4 is 5.32 Å². The maximum absolute atomic E-state index is 11.7. The van der Waals surface area contributed by atoms with Gasteiger partial charge in [-0.3, -0.25) is 14.8 Å². The number of aromatic nitrogens is 2. The maximum Gasteiger partial charge on any atom is 0.220 e. The fourth-order valence-electron chi connectivity index (χ4n) is 1.42. The zero-order valence-corrected chi connectivity index (χ0v) is 11.8. The van der Waals surface area contributed by atoms with Crippen LogP contribution in [0.4, 0.5) is 0 Å². The number of nitrogens with zero attached hydrogens (tertiary/aromatic N) is 2. The van der Waals surface area contributed by atoms with Crippen LogP contribution in [0.25, 0.3) is 0 Å². The Morgan fingerprint density at radius 2 is 2.06 bits per heavy atom. The van der Waals surface area contributed by atoms with Gasteiger partial charge in [0.15, 0.2) is 0 Å². The first kappa shape index (κ1) is 14.6. The van der Waals surface area contributed by atoms with Crippen LogP contribution in [0.3, 0.4) is 0 Å². The van der Waals surface area contributed by atoms with Gasteiger partial charge in [0.1, 0.15) is 0 Å². The van der Waals surface area contributed by atoms with Crippen molar-refractivity contribution in [2.24, 2.45) is 5.41 Å². The highest BCUT2D eigenvalue weighted by Crippen LogP contribution is 2.25. The van der Waals surface area contributed by atoms with Crippen LogP contribution >= 0.6 is 0 Å². The van der Waals surface area contributed by atoms with Crippen molar-refractivity contribution in [1.29, 1.82) is 0 Å². The molecule has 1 heterocycles. The third-order valence-corrected chi connectivity index (χ3v) is 3.29. The van der Waals surface area contributed by atoms with E-state index in [0.29, 0.717) is 13.0 Å². The Balaban J connectivity index is 2.31. The third-order valence-electron chi connectivity index (χ3n) is 3.29. The molecule has 1 N–H and O–H groups in total. The number of carbonyl (C=O) groups excluding carboxylic acids is 1. The first-order valence-corrected chi connectivity index (χ1v) is 6.47. The molecule has 0 aliphatic rings. The molecule has 100 valence electrons. The van der Waals surface area contributed by atoms with E-state index >= 15 is 0 Å². The van der Waals surface area contributed by atoms with Crippen molar-refractivity contribution in [2.45, 2.75) is 53.5 Å². The lowest BCUT2D eigenvalue weighted by Crippen LogP contribution is -2.25. The van der Waals surface area contributed by atoms with E-state index in [1.165, 1.54) is 0 Å². The minimum atomic E-state index is 0.0823. The Morgan fingerprint density at radius 1 is 1.33 bits per heavy atom. The summed E-state index contributed by atoms with van der Waals surface area (Å²) in [5.74, 6) is 0.0823. The van der Waals surface area contributed by atoms with Gasteiger partial charge in [0.2, 0.25) is 5.91 Å². The molecule has 0 aromatic carbocycles. The lowest BCUT2D eigenvalue weighted by Gasteiger charge is -2.21. The largest absolute Gasteiger partial charge is 0.350 e. The van der Waals surface area contributed by atoms with Crippen LogP contribution in [0, 0.1) is 12.3 Å². The molecular formula is C14H23N3O. The predicted molar refractivity (Wildman–Crippen MR) is 71.9 cm³/mol. The molecule has 0 bridgehead atoms. The fraction of sp³-hybridized carbons (Fsp3) is 0.643. The van der Waals surface area contributed by atoms with Crippen molar-refractivity contribution in [3.05, 3.63) is 23.8 Å². The van der Waals surface area contributed by atoms with E-state index in [2.05, 4.69) is 36.1 Å². The third kappa shape index (κ3) is 5.25. The van der Waals surface area contributed by atoms with Crippen LogP contribution in [-0.4, -0.2) is 15.9 Å². The van der Waals surface area contributed by atoms with Gasteiger partial charge in [0.05, 0.1) is 24.1 Å². The molecule has 1 aromatic rings. The quantitative estimate of drug-likeness (QED) is 0.843. The molecular weight excluding hydrogens is 226 g/mol. The molecule has 1 aromatic heterocycles. The molecule has 18 heavy (non-hydrogen) atoms. The minimum Gasteiger partial charge on any atom is -0.350 e. The molecule has 0 unspecified atom stereocenters. The molecule has 4 nitrogen and oxygen atoms in total. The normalized spacial score (nSPS) is 11.3. The summed E-state index contributed by atoms with van der Waals surface area (Å²) in [5, 5.41) is 2.87. The van der Waals surface area contributed by atoms with Gasteiger partial charge < -0.3 is 5.32 Å². The Kier molecular flexibility index (Phi) is 5.25. The average molecular weight is 249 g/mol. The monoisotopic (exact) mass is 249 g/mol. The average Bonchev–Trinajstić information content (AvgIpc) is 2.36. The highest BCUT2D eigenvalue weighted by Gasteiger charge is 2.16. The summed E-state index contributed by atoms with van der Waals surface area (Å²) >= 11 is 0. The van der Waals surface area contributed by atoms with Crippen molar-refractivity contribution in [1.82, 2.24) is 15.3 Å². The van der Waals surface area contributed by atoms with E-state index in [0.717, 1.165) is 24.2 Å². The number of hydrogen-bond donors (Lipinski definition) is 1. The van der Waals surface area contributed by atoms with E-state index in [1.807, 2.05) is 6.92 Å². The fourth-order valence-corrected chi connectivity index (χ4v) is 1.42. The SMILES string of the molecule is CCC(C)(C)CCC(=O)NCc1cnc(C)cn1. The maximum atomic E-state index is 11.7.